The summed E-state index contributed by atoms with van der Waals surface area (Å²) in [5, 5.41) is 26.3. The molecule has 0 radical (unpaired) electrons. The predicted molar refractivity (Wildman–Crippen MR) is 98.0 cm³/mol. The number of aliphatic hydroxyl groups excluding tert-OH is 2. The van der Waals surface area contributed by atoms with Crippen molar-refractivity contribution in [2.45, 2.75) is 24.5 Å². The van der Waals surface area contributed by atoms with Gasteiger partial charge in [-0.3, -0.25) is 9.36 Å². The largest absolute Gasteiger partial charge is 0.394 e. The zero-order valence-corrected chi connectivity index (χ0v) is 15.6. The van der Waals surface area contributed by atoms with Crippen molar-refractivity contribution in [1.82, 2.24) is 34.6 Å². The highest BCUT2D eigenvalue weighted by molar-refractivity contribution is 5.93. The van der Waals surface area contributed by atoms with Gasteiger partial charge in [0, 0.05) is 20.4 Å². The van der Waals surface area contributed by atoms with Crippen molar-refractivity contribution in [1.29, 1.82) is 0 Å². The third-order valence-electron chi connectivity index (χ3n) is 4.75. The van der Waals surface area contributed by atoms with Gasteiger partial charge in [0.2, 0.25) is 0 Å². The van der Waals surface area contributed by atoms with Crippen molar-refractivity contribution in [2.75, 3.05) is 26.5 Å². The number of aromatic nitrogens is 6. The highest BCUT2D eigenvalue weighted by atomic mass is 16.6. The number of carbonyl (C=O) groups is 1. The van der Waals surface area contributed by atoms with Crippen LogP contribution < -0.4 is 11.1 Å². The molecule has 3 aromatic heterocycles. The molecule has 0 aromatic carbocycles. The van der Waals surface area contributed by atoms with E-state index in [4.69, 9.17) is 15.2 Å². The molecular weight excluding hydrogens is 384 g/mol. The first-order chi connectivity index (χ1) is 14.0. The van der Waals surface area contributed by atoms with E-state index in [-0.39, 0.29) is 24.3 Å². The van der Waals surface area contributed by atoms with E-state index in [2.05, 4.69) is 25.4 Å². The number of hydrogen-bond donors (Lipinski definition) is 4. The van der Waals surface area contributed by atoms with Crippen LogP contribution in [-0.2, 0) is 9.47 Å². The normalized spacial score (nSPS) is 24.3. The lowest BCUT2D eigenvalue weighted by molar-refractivity contribution is -0.0583. The molecule has 4 rings (SSSR count). The van der Waals surface area contributed by atoms with E-state index >= 15 is 0 Å². The minimum absolute atomic E-state index is 0.104. The SMILES string of the molecule is CNC(=O)c1cnn(-c2nc(N)c3ncn([C@@H]4O[C@H](CO)[C@@H](O)C4OC)c3n2)c1. The Morgan fingerprint density at radius 1 is 1.45 bits per heavy atom. The van der Waals surface area contributed by atoms with Crippen molar-refractivity contribution in [3.63, 3.8) is 0 Å². The second-order valence-electron chi connectivity index (χ2n) is 6.42. The van der Waals surface area contributed by atoms with E-state index in [1.807, 2.05) is 0 Å². The summed E-state index contributed by atoms with van der Waals surface area (Å²) in [4.78, 5) is 24.6. The molecule has 5 N–H and O–H groups in total. The Morgan fingerprint density at radius 2 is 2.24 bits per heavy atom. The Hall–Kier alpha value is -3.13. The Bertz CT molecular complexity index is 1050. The number of ether oxygens (including phenoxy) is 2. The number of amides is 1. The van der Waals surface area contributed by atoms with E-state index in [0.29, 0.717) is 16.7 Å². The average Bonchev–Trinajstić information content (AvgIpc) is 3.43. The number of hydrogen-bond acceptors (Lipinski definition) is 10. The molecule has 0 bridgehead atoms. The molecule has 0 saturated carbocycles. The summed E-state index contributed by atoms with van der Waals surface area (Å²) in [6.45, 7) is -0.373. The molecule has 1 aliphatic rings. The molecule has 0 aliphatic carbocycles. The number of rotatable bonds is 5. The second kappa shape index (κ2) is 7.36. The number of anilines is 1. The van der Waals surface area contributed by atoms with Crippen molar-refractivity contribution in [2.24, 2.45) is 0 Å². The number of aliphatic hydroxyl groups is 2. The van der Waals surface area contributed by atoms with E-state index in [1.54, 1.807) is 4.57 Å². The lowest BCUT2D eigenvalue weighted by Crippen LogP contribution is -2.34. The summed E-state index contributed by atoms with van der Waals surface area (Å²) in [5.74, 6) is -0.0771. The fourth-order valence-electron chi connectivity index (χ4n) is 3.26. The Morgan fingerprint density at radius 3 is 2.93 bits per heavy atom. The van der Waals surface area contributed by atoms with Gasteiger partial charge in [-0.25, -0.2) is 9.67 Å². The lowest BCUT2D eigenvalue weighted by Gasteiger charge is -2.20. The highest BCUT2D eigenvalue weighted by Gasteiger charge is 2.45. The van der Waals surface area contributed by atoms with Gasteiger partial charge < -0.3 is 30.7 Å². The van der Waals surface area contributed by atoms with Gasteiger partial charge in [-0.1, -0.05) is 0 Å². The van der Waals surface area contributed by atoms with E-state index in [0.717, 1.165) is 0 Å². The zero-order chi connectivity index (χ0) is 20.7. The fraction of sp³-hybridized carbons (Fsp3) is 0.438. The topological polar surface area (TPSA) is 175 Å². The molecule has 1 aliphatic heterocycles. The molecule has 1 saturated heterocycles. The smallest absolute Gasteiger partial charge is 0.254 e. The molecule has 4 atom stereocenters. The first-order valence-corrected chi connectivity index (χ1v) is 8.72. The Labute approximate surface area is 164 Å². The maximum atomic E-state index is 11.8. The molecule has 29 heavy (non-hydrogen) atoms. The average molecular weight is 404 g/mol. The van der Waals surface area contributed by atoms with Crippen LogP contribution in [0.25, 0.3) is 17.1 Å². The van der Waals surface area contributed by atoms with Gasteiger partial charge in [-0.05, 0) is 0 Å². The van der Waals surface area contributed by atoms with Crippen LogP contribution >= 0.6 is 0 Å². The molecule has 0 spiro atoms. The molecule has 1 amide bonds. The maximum Gasteiger partial charge on any atom is 0.254 e. The molecule has 13 nitrogen and oxygen atoms in total. The highest BCUT2D eigenvalue weighted by Crippen LogP contribution is 2.33. The third-order valence-corrected chi connectivity index (χ3v) is 4.75. The van der Waals surface area contributed by atoms with Crippen LogP contribution in [0.4, 0.5) is 5.82 Å². The van der Waals surface area contributed by atoms with Crippen LogP contribution in [-0.4, -0.2) is 84.5 Å². The number of methoxy groups -OCH3 is 1. The summed E-state index contributed by atoms with van der Waals surface area (Å²) >= 11 is 0. The van der Waals surface area contributed by atoms with Gasteiger partial charge in [0.1, 0.15) is 23.8 Å². The minimum atomic E-state index is -1.03. The Kier molecular flexibility index (Phi) is 4.87. The zero-order valence-electron chi connectivity index (χ0n) is 15.6. The van der Waals surface area contributed by atoms with E-state index < -0.39 is 24.5 Å². The van der Waals surface area contributed by atoms with Gasteiger partial charge in [-0.2, -0.15) is 15.1 Å². The van der Waals surface area contributed by atoms with Crippen LogP contribution in [0.5, 0.6) is 0 Å². The molecule has 1 unspecified atom stereocenters. The number of nitrogens with two attached hydrogens (primary N) is 1. The van der Waals surface area contributed by atoms with Gasteiger partial charge in [-0.15, -0.1) is 0 Å². The molecule has 154 valence electrons. The first-order valence-electron chi connectivity index (χ1n) is 8.72. The summed E-state index contributed by atoms with van der Waals surface area (Å²) in [6, 6.07) is 0. The van der Waals surface area contributed by atoms with Crippen LogP contribution in [0.2, 0.25) is 0 Å². The number of nitrogens with one attached hydrogen (secondary N) is 1. The minimum Gasteiger partial charge on any atom is -0.394 e. The molecule has 4 heterocycles. The van der Waals surface area contributed by atoms with Crippen molar-refractivity contribution >= 4 is 22.9 Å². The van der Waals surface area contributed by atoms with Crippen LogP contribution in [0.3, 0.4) is 0 Å². The summed E-state index contributed by atoms with van der Waals surface area (Å²) in [6.07, 6.45) is 0.891. The van der Waals surface area contributed by atoms with Crippen LogP contribution in [0.15, 0.2) is 18.7 Å². The second-order valence-corrected chi connectivity index (χ2v) is 6.42. The van der Waals surface area contributed by atoms with Gasteiger partial charge in [0.15, 0.2) is 17.7 Å². The Balaban J connectivity index is 1.78. The molecular formula is C16H20N8O5. The summed E-state index contributed by atoms with van der Waals surface area (Å²) < 4.78 is 14.0. The van der Waals surface area contributed by atoms with E-state index in [9.17, 15) is 15.0 Å². The van der Waals surface area contributed by atoms with Gasteiger partial charge >= 0.3 is 0 Å². The monoisotopic (exact) mass is 404 g/mol. The quantitative estimate of drug-likeness (QED) is 0.380. The number of carbonyl (C=O) groups excluding carboxylic acids is 1. The van der Waals surface area contributed by atoms with Crippen LogP contribution in [0, 0.1) is 0 Å². The lowest BCUT2D eigenvalue weighted by atomic mass is 10.1. The first kappa shape index (κ1) is 19.2. The molecule has 1 fully saturated rings. The van der Waals surface area contributed by atoms with E-state index in [1.165, 1.54) is 37.6 Å². The van der Waals surface area contributed by atoms with Crippen molar-refractivity contribution in [3.8, 4) is 5.95 Å². The van der Waals surface area contributed by atoms with Gasteiger partial charge in [0.25, 0.3) is 11.9 Å². The number of fused-ring (bicyclic) bond motifs is 1. The van der Waals surface area contributed by atoms with Gasteiger partial charge in [0.05, 0.1) is 24.7 Å². The summed E-state index contributed by atoms with van der Waals surface area (Å²) in [7, 11) is 2.95. The van der Waals surface area contributed by atoms with Crippen molar-refractivity contribution < 1.29 is 24.5 Å². The number of imidazole rings is 1. The number of nitrogens with zero attached hydrogens (tertiary/aromatic N) is 6. The predicted octanol–water partition coefficient (Wildman–Crippen LogP) is -1.78. The maximum absolute atomic E-state index is 11.8. The van der Waals surface area contributed by atoms with Crippen molar-refractivity contribution in [3.05, 3.63) is 24.3 Å². The van der Waals surface area contributed by atoms with Crippen LogP contribution in [0.1, 0.15) is 16.6 Å². The molecule has 3 aromatic rings. The summed E-state index contributed by atoms with van der Waals surface area (Å²) in [5.41, 5.74) is 7.02. The molecule has 13 heteroatoms. The third kappa shape index (κ3) is 3.09. The number of nitrogen functional groups attached to an aromatic ring is 1. The fourth-order valence-corrected chi connectivity index (χ4v) is 3.26. The standard InChI is InChI=1S/C16H20N8O5/c1-18-14(27)7-3-20-24(4-7)16-21-12(17)9-13(22-16)23(6-19-9)15-11(28-2)10(26)8(5-25)29-15/h3-4,6,8,10-11,15,25-26H,5H2,1-2H3,(H,18,27)(H2,17,21,22)/t8-,10-,11?,15-/m1/s1.